The van der Waals surface area contributed by atoms with Crippen LogP contribution in [0.2, 0.25) is 0 Å². The summed E-state index contributed by atoms with van der Waals surface area (Å²) < 4.78 is 5.56. The summed E-state index contributed by atoms with van der Waals surface area (Å²) in [5, 5.41) is 10.4. The molecule has 3 atom stereocenters. The second kappa shape index (κ2) is 4.88. The molecule has 2 aliphatic rings. The van der Waals surface area contributed by atoms with Gasteiger partial charge < -0.3 is 9.84 Å². The standard InChI is InChI=1S/C15H21NO2/c1-2-3-18-14-7-13(8-16-9-14)15(17)12-5-10-4-11(10)6-12/h7-12,15,17H,2-6H2,1H3. The van der Waals surface area contributed by atoms with Crippen LogP contribution in [-0.4, -0.2) is 16.7 Å². The number of pyridine rings is 1. The van der Waals surface area contributed by atoms with Crippen molar-refractivity contribution in [1.82, 2.24) is 4.98 Å². The lowest BCUT2D eigenvalue weighted by Crippen LogP contribution is -2.11. The summed E-state index contributed by atoms with van der Waals surface area (Å²) in [5.74, 6) is 3.00. The number of aromatic nitrogens is 1. The van der Waals surface area contributed by atoms with Crippen LogP contribution in [0, 0.1) is 17.8 Å². The molecule has 2 saturated carbocycles. The molecular weight excluding hydrogens is 226 g/mol. The van der Waals surface area contributed by atoms with Gasteiger partial charge in [0, 0.05) is 11.8 Å². The molecule has 0 aromatic carbocycles. The van der Waals surface area contributed by atoms with Gasteiger partial charge in [0.25, 0.3) is 0 Å². The third-order valence-electron chi connectivity index (χ3n) is 4.28. The van der Waals surface area contributed by atoms with E-state index in [4.69, 9.17) is 4.74 Å². The predicted octanol–water partition coefficient (Wildman–Crippen LogP) is 2.95. The van der Waals surface area contributed by atoms with Crippen LogP contribution in [-0.2, 0) is 0 Å². The van der Waals surface area contributed by atoms with Gasteiger partial charge >= 0.3 is 0 Å². The number of fused-ring (bicyclic) bond motifs is 1. The highest BCUT2D eigenvalue weighted by atomic mass is 16.5. The molecule has 0 bridgehead atoms. The average Bonchev–Trinajstić information content (AvgIpc) is 3.02. The highest BCUT2D eigenvalue weighted by molar-refractivity contribution is 5.26. The van der Waals surface area contributed by atoms with Crippen molar-refractivity contribution in [2.24, 2.45) is 17.8 Å². The fourth-order valence-electron chi connectivity index (χ4n) is 3.19. The molecule has 1 aromatic heterocycles. The molecule has 3 unspecified atom stereocenters. The third kappa shape index (κ3) is 2.37. The van der Waals surface area contributed by atoms with Crippen LogP contribution in [0.25, 0.3) is 0 Å². The van der Waals surface area contributed by atoms with E-state index in [2.05, 4.69) is 11.9 Å². The maximum Gasteiger partial charge on any atom is 0.137 e. The Morgan fingerprint density at radius 3 is 2.83 bits per heavy atom. The van der Waals surface area contributed by atoms with E-state index in [1.165, 1.54) is 19.3 Å². The Balaban J connectivity index is 1.66. The summed E-state index contributed by atoms with van der Waals surface area (Å²) in [6.45, 7) is 2.78. The Kier molecular flexibility index (Phi) is 3.25. The number of nitrogens with zero attached hydrogens (tertiary/aromatic N) is 1. The second-order valence-electron chi connectivity index (χ2n) is 5.73. The van der Waals surface area contributed by atoms with Gasteiger partial charge in [0.1, 0.15) is 5.75 Å². The zero-order chi connectivity index (χ0) is 12.5. The smallest absolute Gasteiger partial charge is 0.137 e. The van der Waals surface area contributed by atoms with E-state index in [9.17, 15) is 5.11 Å². The normalized spacial score (nSPS) is 30.9. The summed E-state index contributed by atoms with van der Waals surface area (Å²) in [4.78, 5) is 4.18. The van der Waals surface area contributed by atoms with Crippen molar-refractivity contribution in [3.05, 3.63) is 24.0 Å². The van der Waals surface area contributed by atoms with Crippen LogP contribution in [0.15, 0.2) is 18.5 Å². The van der Waals surface area contributed by atoms with Gasteiger partial charge in [0.2, 0.25) is 0 Å². The molecule has 0 aliphatic heterocycles. The Morgan fingerprint density at radius 1 is 1.33 bits per heavy atom. The molecule has 2 fully saturated rings. The molecule has 2 aliphatic carbocycles. The molecule has 0 saturated heterocycles. The van der Waals surface area contributed by atoms with Gasteiger partial charge in [-0.05, 0) is 49.5 Å². The molecule has 1 aromatic rings. The summed E-state index contributed by atoms with van der Waals surface area (Å²) in [6, 6.07) is 1.94. The van der Waals surface area contributed by atoms with Crippen molar-refractivity contribution < 1.29 is 9.84 Å². The fourth-order valence-corrected chi connectivity index (χ4v) is 3.19. The van der Waals surface area contributed by atoms with E-state index in [1.807, 2.05) is 6.07 Å². The molecule has 0 amide bonds. The highest BCUT2D eigenvalue weighted by Crippen LogP contribution is 2.57. The highest BCUT2D eigenvalue weighted by Gasteiger charge is 2.47. The van der Waals surface area contributed by atoms with Crippen LogP contribution in [0.4, 0.5) is 0 Å². The van der Waals surface area contributed by atoms with E-state index >= 15 is 0 Å². The first-order valence-electron chi connectivity index (χ1n) is 7.03. The van der Waals surface area contributed by atoms with E-state index in [1.54, 1.807) is 12.4 Å². The number of rotatable bonds is 5. The molecule has 3 heteroatoms. The second-order valence-corrected chi connectivity index (χ2v) is 5.73. The van der Waals surface area contributed by atoms with E-state index in [-0.39, 0.29) is 6.10 Å². The van der Waals surface area contributed by atoms with Gasteiger partial charge in [0.15, 0.2) is 0 Å². The molecule has 3 nitrogen and oxygen atoms in total. The Labute approximate surface area is 108 Å². The first-order valence-corrected chi connectivity index (χ1v) is 7.03. The zero-order valence-corrected chi connectivity index (χ0v) is 10.9. The van der Waals surface area contributed by atoms with Crippen LogP contribution >= 0.6 is 0 Å². The third-order valence-corrected chi connectivity index (χ3v) is 4.28. The molecule has 1 N–H and O–H groups in total. The fraction of sp³-hybridized carbons (Fsp3) is 0.667. The van der Waals surface area contributed by atoms with Crippen LogP contribution in [0.1, 0.15) is 44.3 Å². The average molecular weight is 247 g/mol. The Morgan fingerprint density at radius 2 is 2.11 bits per heavy atom. The van der Waals surface area contributed by atoms with Crippen LogP contribution < -0.4 is 4.74 Å². The number of aliphatic hydroxyl groups is 1. The molecule has 98 valence electrons. The van der Waals surface area contributed by atoms with Crippen LogP contribution in [0.5, 0.6) is 5.75 Å². The first-order chi connectivity index (χ1) is 8.78. The molecule has 3 rings (SSSR count). The van der Waals surface area contributed by atoms with Crippen molar-refractivity contribution in [3.8, 4) is 5.75 Å². The first kappa shape index (κ1) is 12.0. The predicted molar refractivity (Wildman–Crippen MR) is 69.3 cm³/mol. The molecule has 18 heavy (non-hydrogen) atoms. The van der Waals surface area contributed by atoms with E-state index in [0.29, 0.717) is 12.5 Å². The van der Waals surface area contributed by atoms with Gasteiger partial charge in [-0.25, -0.2) is 0 Å². The minimum Gasteiger partial charge on any atom is -0.492 e. The number of ether oxygens (including phenoxy) is 1. The molecule has 0 spiro atoms. The number of hydrogen-bond donors (Lipinski definition) is 1. The van der Waals surface area contributed by atoms with E-state index in [0.717, 1.165) is 29.6 Å². The van der Waals surface area contributed by atoms with Gasteiger partial charge in [0.05, 0.1) is 18.9 Å². The van der Waals surface area contributed by atoms with Gasteiger partial charge in [-0.2, -0.15) is 0 Å². The van der Waals surface area contributed by atoms with Gasteiger partial charge in [-0.15, -0.1) is 0 Å². The monoisotopic (exact) mass is 247 g/mol. The zero-order valence-electron chi connectivity index (χ0n) is 10.9. The maximum absolute atomic E-state index is 10.4. The minimum atomic E-state index is -0.365. The molecule has 1 heterocycles. The topological polar surface area (TPSA) is 42.4 Å². The van der Waals surface area contributed by atoms with Crippen molar-refractivity contribution in [2.45, 2.75) is 38.7 Å². The lowest BCUT2D eigenvalue weighted by molar-refractivity contribution is 0.104. The van der Waals surface area contributed by atoms with Crippen molar-refractivity contribution in [1.29, 1.82) is 0 Å². The maximum atomic E-state index is 10.4. The summed E-state index contributed by atoms with van der Waals surface area (Å²) in [5.41, 5.74) is 0.912. The largest absolute Gasteiger partial charge is 0.492 e. The number of aliphatic hydroxyl groups excluding tert-OH is 1. The van der Waals surface area contributed by atoms with Crippen molar-refractivity contribution >= 4 is 0 Å². The molecule has 0 radical (unpaired) electrons. The SMILES string of the molecule is CCCOc1cncc(C(O)C2CC3CC3C2)c1. The quantitative estimate of drug-likeness (QED) is 0.869. The Bertz CT molecular complexity index is 411. The van der Waals surface area contributed by atoms with Crippen molar-refractivity contribution in [2.75, 3.05) is 6.61 Å². The van der Waals surface area contributed by atoms with Gasteiger partial charge in [-0.3, -0.25) is 4.98 Å². The van der Waals surface area contributed by atoms with E-state index < -0.39 is 0 Å². The molecular formula is C15H21NO2. The lowest BCUT2D eigenvalue weighted by atomic mass is 9.92. The van der Waals surface area contributed by atoms with Crippen molar-refractivity contribution in [3.63, 3.8) is 0 Å². The Hall–Kier alpha value is -1.09. The minimum absolute atomic E-state index is 0.365. The summed E-state index contributed by atoms with van der Waals surface area (Å²) in [6.07, 6.45) is 7.87. The lowest BCUT2D eigenvalue weighted by Gasteiger charge is -2.20. The van der Waals surface area contributed by atoms with Crippen LogP contribution in [0.3, 0.4) is 0 Å². The summed E-state index contributed by atoms with van der Waals surface area (Å²) >= 11 is 0. The summed E-state index contributed by atoms with van der Waals surface area (Å²) in [7, 11) is 0. The number of hydrogen-bond acceptors (Lipinski definition) is 3. The van der Waals surface area contributed by atoms with Gasteiger partial charge in [-0.1, -0.05) is 6.92 Å².